The first-order chi connectivity index (χ1) is 9.49. The van der Waals surface area contributed by atoms with Gasteiger partial charge in [0, 0.05) is 11.0 Å². The lowest BCUT2D eigenvalue weighted by atomic mass is 10.1. The van der Waals surface area contributed by atoms with Crippen LogP contribution in [-0.2, 0) is 6.54 Å². The van der Waals surface area contributed by atoms with Gasteiger partial charge in [0.15, 0.2) is 0 Å². The third-order valence-electron chi connectivity index (χ3n) is 2.85. The molecule has 20 heavy (non-hydrogen) atoms. The molecule has 2 nitrogen and oxygen atoms in total. The summed E-state index contributed by atoms with van der Waals surface area (Å²) in [5, 5.41) is 2.51. The normalized spacial score (nSPS) is 10.4. The number of rotatable bonds is 3. The van der Waals surface area contributed by atoms with E-state index in [9.17, 15) is 13.6 Å². The van der Waals surface area contributed by atoms with Gasteiger partial charge in [-0.2, -0.15) is 0 Å². The fourth-order valence-electron chi connectivity index (χ4n) is 1.78. The SMILES string of the molecule is Cc1ccc(F)c(C(=O)NCc2cccc(Br)c2)c1F. The van der Waals surface area contributed by atoms with Gasteiger partial charge in [-0.1, -0.05) is 34.1 Å². The van der Waals surface area contributed by atoms with Crippen LogP contribution in [0.5, 0.6) is 0 Å². The number of halogens is 3. The molecular formula is C15H12BrF2NO. The van der Waals surface area contributed by atoms with Crippen LogP contribution in [0.3, 0.4) is 0 Å². The summed E-state index contributed by atoms with van der Waals surface area (Å²) in [4.78, 5) is 11.9. The maximum Gasteiger partial charge on any atom is 0.257 e. The van der Waals surface area contributed by atoms with E-state index in [-0.39, 0.29) is 12.1 Å². The van der Waals surface area contributed by atoms with E-state index in [1.165, 1.54) is 13.0 Å². The third-order valence-corrected chi connectivity index (χ3v) is 3.35. The maximum absolute atomic E-state index is 13.8. The van der Waals surface area contributed by atoms with Gasteiger partial charge in [0.25, 0.3) is 5.91 Å². The first kappa shape index (κ1) is 14.7. The van der Waals surface area contributed by atoms with Gasteiger partial charge < -0.3 is 5.32 Å². The van der Waals surface area contributed by atoms with Gasteiger partial charge in [0.1, 0.15) is 17.2 Å². The second-order valence-electron chi connectivity index (χ2n) is 4.37. The van der Waals surface area contributed by atoms with E-state index in [1.807, 2.05) is 24.3 Å². The van der Waals surface area contributed by atoms with Crippen molar-refractivity contribution < 1.29 is 13.6 Å². The van der Waals surface area contributed by atoms with Gasteiger partial charge >= 0.3 is 0 Å². The van der Waals surface area contributed by atoms with Crippen molar-refractivity contribution in [1.82, 2.24) is 5.32 Å². The highest BCUT2D eigenvalue weighted by molar-refractivity contribution is 9.10. The van der Waals surface area contributed by atoms with Gasteiger partial charge in [-0.05, 0) is 36.2 Å². The van der Waals surface area contributed by atoms with Crippen molar-refractivity contribution in [2.75, 3.05) is 0 Å². The molecule has 2 aromatic rings. The standard InChI is InChI=1S/C15H12BrF2NO/c1-9-5-6-12(17)13(14(9)18)15(20)19-8-10-3-2-4-11(16)7-10/h2-7H,8H2,1H3,(H,19,20). The molecule has 1 amide bonds. The molecule has 0 spiro atoms. The summed E-state index contributed by atoms with van der Waals surface area (Å²) in [7, 11) is 0. The summed E-state index contributed by atoms with van der Waals surface area (Å²) in [5.74, 6) is -2.44. The smallest absolute Gasteiger partial charge is 0.257 e. The molecule has 0 saturated heterocycles. The second-order valence-corrected chi connectivity index (χ2v) is 5.28. The molecule has 0 heterocycles. The zero-order valence-electron chi connectivity index (χ0n) is 10.7. The summed E-state index contributed by atoms with van der Waals surface area (Å²) in [6, 6.07) is 9.70. The Balaban J connectivity index is 2.15. The molecule has 0 aliphatic rings. The number of hydrogen-bond donors (Lipinski definition) is 1. The number of nitrogens with one attached hydrogen (secondary N) is 1. The molecule has 0 aliphatic heterocycles. The average Bonchev–Trinajstić information content (AvgIpc) is 2.41. The maximum atomic E-state index is 13.8. The van der Waals surface area contributed by atoms with E-state index in [0.717, 1.165) is 16.1 Å². The van der Waals surface area contributed by atoms with E-state index in [0.29, 0.717) is 0 Å². The third kappa shape index (κ3) is 3.22. The molecule has 0 saturated carbocycles. The van der Waals surface area contributed by atoms with E-state index in [1.54, 1.807) is 0 Å². The molecule has 2 rings (SSSR count). The summed E-state index contributed by atoms with van der Waals surface area (Å²) in [6.45, 7) is 1.69. The van der Waals surface area contributed by atoms with Crippen LogP contribution in [0.4, 0.5) is 8.78 Å². The molecule has 0 radical (unpaired) electrons. The van der Waals surface area contributed by atoms with Gasteiger partial charge in [0.2, 0.25) is 0 Å². The Hall–Kier alpha value is -1.75. The van der Waals surface area contributed by atoms with Crippen LogP contribution in [0.1, 0.15) is 21.5 Å². The van der Waals surface area contributed by atoms with Crippen molar-refractivity contribution in [2.45, 2.75) is 13.5 Å². The summed E-state index contributed by atoms with van der Waals surface area (Å²) < 4.78 is 28.2. The molecule has 104 valence electrons. The molecule has 0 atom stereocenters. The van der Waals surface area contributed by atoms with Crippen molar-refractivity contribution in [1.29, 1.82) is 0 Å². The van der Waals surface area contributed by atoms with Gasteiger partial charge in [0.05, 0.1) is 0 Å². The molecule has 5 heteroatoms. The van der Waals surface area contributed by atoms with Crippen molar-refractivity contribution >= 4 is 21.8 Å². The van der Waals surface area contributed by atoms with Crippen molar-refractivity contribution in [3.05, 3.63) is 69.2 Å². The lowest BCUT2D eigenvalue weighted by molar-refractivity contribution is 0.0942. The molecular weight excluding hydrogens is 328 g/mol. The molecule has 0 unspecified atom stereocenters. The zero-order valence-corrected chi connectivity index (χ0v) is 12.3. The second kappa shape index (κ2) is 6.13. The van der Waals surface area contributed by atoms with Crippen LogP contribution >= 0.6 is 15.9 Å². The van der Waals surface area contributed by atoms with Crippen LogP contribution in [-0.4, -0.2) is 5.91 Å². The minimum atomic E-state index is -0.861. The van der Waals surface area contributed by atoms with Crippen molar-refractivity contribution in [3.8, 4) is 0 Å². The molecule has 2 aromatic carbocycles. The summed E-state index contributed by atoms with van der Waals surface area (Å²) in [5.41, 5.74) is 0.528. The van der Waals surface area contributed by atoms with Crippen LogP contribution in [0, 0.1) is 18.6 Å². The lowest BCUT2D eigenvalue weighted by Crippen LogP contribution is -2.25. The highest BCUT2D eigenvalue weighted by Crippen LogP contribution is 2.17. The largest absolute Gasteiger partial charge is 0.348 e. The first-order valence-corrected chi connectivity index (χ1v) is 6.75. The lowest BCUT2D eigenvalue weighted by Gasteiger charge is -2.09. The van der Waals surface area contributed by atoms with Gasteiger partial charge in [-0.3, -0.25) is 4.79 Å². The van der Waals surface area contributed by atoms with Gasteiger partial charge in [-0.25, -0.2) is 8.78 Å². The van der Waals surface area contributed by atoms with Crippen molar-refractivity contribution in [3.63, 3.8) is 0 Å². The highest BCUT2D eigenvalue weighted by Gasteiger charge is 2.18. The number of amides is 1. The average molecular weight is 340 g/mol. The Bertz CT molecular complexity index is 658. The topological polar surface area (TPSA) is 29.1 Å². The van der Waals surface area contributed by atoms with E-state index >= 15 is 0 Å². The minimum absolute atomic E-state index is 0.199. The van der Waals surface area contributed by atoms with Crippen LogP contribution in [0.25, 0.3) is 0 Å². The molecule has 0 fully saturated rings. The van der Waals surface area contributed by atoms with E-state index in [2.05, 4.69) is 21.2 Å². The molecule has 0 aromatic heterocycles. The number of hydrogen-bond acceptors (Lipinski definition) is 1. The number of carbonyl (C=O) groups is 1. The Labute approximate surface area is 123 Å². The Morgan fingerprint density at radius 3 is 2.70 bits per heavy atom. The number of carbonyl (C=O) groups excluding carboxylic acids is 1. The Kier molecular flexibility index (Phi) is 4.49. The highest BCUT2D eigenvalue weighted by atomic mass is 79.9. The first-order valence-electron chi connectivity index (χ1n) is 5.96. The predicted molar refractivity (Wildman–Crippen MR) is 76.4 cm³/mol. The summed E-state index contributed by atoms with van der Waals surface area (Å²) in [6.07, 6.45) is 0. The van der Waals surface area contributed by atoms with Crippen LogP contribution in [0.15, 0.2) is 40.9 Å². The van der Waals surface area contributed by atoms with Gasteiger partial charge in [-0.15, -0.1) is 0 Å². The molecule has 0 aliphatic carbocycles. The van der Waals surface area contributed by atoms with Crippen LogP contribution in [0.2, 0.25) is 0 Å². The Morgan fingerprint density at radius 2 is 2.00 bits per heavy atom. The van der Waals surface area contributed by atoms with Crippen LogP contribution < -0.4 is 5.32 Å². The quantitative estimate of drug-likeness (QED) is 0.900. The zero-order chi connectivity index (χ0) is 14.7. The molecule has 0 bridgehead atoms. The predicted octanol–water partition coefficient (Wildman–Crippen LogP) is 3.97. The molecule has 1 N–H and O–H groups in total. The minimum Gasteiger partial charge on any atom is -0.348 e. The van der Waals surface area contributed by atoms with E-state index in [4.69, 9.17) is 0 Å². The number of benzene rings is 2. The summed E-state index contributed by atoms with van der Waals surface area (Å²) >= 11 is 3.31. The van der Waals surface area contributed by atoms with Crippen molar-refractivity contribution in [2.24, 2.45) is 0 Å². The monoisotopic (exact) mass is 339 g/mol. The number of aryl methyl sites for hydroxylation is 1. The fourth-order valence-corrected chi connectivity index (χ4v) is 2.23. The fraction of sp³-hybridized carbons (Fsp3) is 0.133. The van der Waals surface area contributed by atoms with E-state index < -0.39 is 23.1 Å². The Morgan fingerprint density at radius 1 is 1.25 bits per heavy atom.